The number of aromatic nitrogens is 2. The molecule has 0 saturated carbocycles. The van der Waals surface area contributed by atoms with Crippen molar-refractivity contribution in [3.63, 3.8) is 0 Å². The number of rotatable bonds is 3. The molecule has 0 amide bonds. The molecule has 0 atom stereocenters. The molecule has 0 N–H and O–H groups in total. The van der Waals surface area contributed by atoms with Gasteiger partial charge in [-0.25, -0.2) is 13.4 Å². The Morgan fingerprint density at radius 2 is 2.06 bits per heavy atom. The quantitative estimate of drug-likeness (QED) is 0.803. The summed E-state index contributed by atoms with van der Waals surface area (Å²) in [5.74, 6) is 0.526. The van der Waals surface area contributed by atoms with Crippen molar-refractivity contribution in [2.45, 2.75) is 5.75 Å². The maximum Gasteiger partial charge on any atom is 0.236 e. The van der Waals surface area contributed by atoms with Crippen molar-refractivity contribution in [1.29, 1.82) is 0 Å². The van der Waals surface area contributed by atoms with Crippen LogP contribution in [0, 0.1) is 0 Å². The zero-order chi connectivity index (χ0) is 12.5. The van der Waals surface area contributed by atoms with Gasteiger partial charge in [-0.2, -0.15) is 0 Å². The lowest BCUT2D eigenvalue weighted by atomic mass is 10.1. The summed E-state index contributed by atoms with van der Waals surface area (Å²) in [7, 11) is 3.57. The van der Waals surface area contributed by atoms with Crippen molar-refractivity contribution in [1.82, 2.24) is 9.55 Å². The molecule has 0 fully saturated rings. The minimum atomic E-state index is -3.57. The number of hydrogen-bond acceptors (Lipinski definition) is 3. The maximum absolute atomic E-state index is 11.1. The molecule has 0 saturated heterocycles. The van der Waals surface area contributed by atoms with Gasteiger partial charge in [0.05, 0.1) is 5.75 Å². The second-order valence-corrected chi connectivity index (χ2v) is 6.48. The molecule has 90 valence electrons. The van der Waals surface area contributed by atoms with Gasteiger partial charge in [-0.1, -0.05) is 24.3 Å². The van der Waals surface area contributed by atoms with Crippen LogP contribution in [0.3, 0.4) is 0 Å². The van der Waals surface area contributed by atoms with Gasteiger partial charge in [0, 0.05) is 35.7 Å². The molecule has 0 radical (unpaired) electrons. The Labute approximate surface area is 104 Å². The molecule has 6 heteroatoms. The van der Waals surface area contributed by atoms with Crippen LogP contribution in [0.5, 0.6) is 0 Å². The van der Waals surface area contributed by atoms with Crippen LogP contribution in [0.15, 0.2) is 36.7 Å². The topological polar surface area (TPSA) is 52.0 Å². The zero-order valence-corrected chi connectivity index (χ0v) is 10.7. The number of halogens is 1. The van der Waals surface area contributed by atoms with Crippen molar-refractivity contribution >= 4 is 19.7 Å². The molecule has 0 aliphatic heterocycles. The summed E-state index contributed by atoms with van der Waals surface area (Å²) < 4.78 is 24.1. The van der Waals surface area contributed by atoms with Crippen LogP contribution in [-0.4, -0.2) is 18.0 Å². The Bertz CT molecular complexity index is 634. The fourth-order valence-electron chi connectivity index (χ4n) is 1.68. The summed E-state index contributed by atoms with van der Waals surface area (Å²) in [5.41, 5.74) is 1.43. The molecule has 0 unspecified atom stereocenters. The highest BCUT2D eigenvalue weighted by Gasteiger charge is 2.14. The van der Waals surface area contributed by atoms with Crippen LogP contribution in [0.25, 0.3) is 11.4 Å². The van der Waals surface area contributed by atoms with E-state index in [0.717, 1.165) is 11.4 Å². The van der Waals surface area contributed by atoms with Gasteiger partial charge in [0.25, 0.3) is 0 Å². The fraction of sp³-hybridized carbons (Fsp3) is 0.182. The average molecular weight is 271 g/mol. The molecular weight excluding hydrogens is 260 g/mol. The summed E-state index contributed by atoms with van der Waals surface area (Å²) in [5, 5.41) is 0. The first-order valence-corrected chi connectivity index (χ1v) is 7.43. The first kappa shape index (κ1) is 12.1. The highest BCUT2D eigenvalue weighted by molar-refractivity contribution is 8.13. The van der Waals surface area contributed by atoms with E-state index in [-0.39, 0.29) is 5.75 Å². The standard InChI is InChI=1S/C11H11ClN2O2S/c1-14-7-6-13-11(14)10-5-3-2-4-9(10)8-17(12,15)16/h2-7H,8H2,1H3. The number of hydrogen-bond donors (Lipinski definition) is 0. The maximum atomic E-state index is 11.1. The lowest BCUT2D eigenvalue weighted by molar-refractivity contribution is 0.609. The van der Waals surface area contributed by atoms with Crippen LogP contribution < -0.4 is 0 Å². The lowest BCUT2D eigenvalue weighted by Crippen LogP contribution is -2.00. The molecule has 0 spiro atoms. The Morgan fingerprint density at radius 3 is 2.65 bits per heavy atom. The van der Waals surface area contributed by atoms with Gasteiger partial charge >= 0.3 is 0 Å². The van der Waals surface area contributed by atoms with E-state index in [1.165, 1.54) is 0 Å². The monoisotopic (exact) mass is 270 g/mol. The smallest absolute Gasteiger partial charge is 0.236 e. The molecular formula is C11H11ClN2O2S. The minimum absolute atomic E-state index is 0.197. The third-order valence-electron chi connectivity index (χ3n) is 2.41. The molecule has 1 aromatic heterocycles. The number of aryl methyl sites for hydroxylation is 1. The van der Waals surface area contributed by atoms with Crippen molar-refractivity contribution in [2.75, 3.05) is 0 Å². The van der Waals surface area contributed by atoms with Gasteiger partial charge in [0.15, 0.2) is 0 Å². The summed E-state index contributed by atoms with van der Waals surface area (Å²) >= 11 is 0. The predicted molar refractivity (Wildman–Crippen MR) is 67.1 cm³/mol. The van der Waals surface area contributed by atoms with E-state index in [4.69, 9.17) is 10.7 Å². The Balaban J connectivity index is 2.52. The minimum Gasteiger partial charge on any atom is -0.334 e. The van der Waals surface area contributed by atoms with Gasteiger partial charge in [-0.15, -0.1) is 0 Å². The molecule has 0 aliphatic rings. The SMILES string of the molecule is Cn1ccnc1-c1ccccc1CS(=O)(=O)Cl. The molecule has 1 heterocycles. The average Bonchev–Trinajstić information content (AvgIpc) is 2.63. The van der Waals surface area contributed by atoms with E-state index in [2.05, 4.69) is 4.98 Å². The van der Waals surface area contributed by atoms with Crippen molar-refractivity contribution in [3.8, 4) is 11.4 Å². The Hall–Kier alpha value is -1.33. The number of imidazole rings is 1. The van der Waals surface area contributed by atoms with Crippen LogP contribution in [-0.2, 0) is 21.9 Å². The largest absolute Gasteiger partial charge is 0.334 e. The zero-order valence-electron chi connectivity index (χ0n) is 9.17. The molecule has 1 aromatic carbocycles. The van der Waals surface area contributed by atoms with Crippen LogP contribution in [0.1, 0.15) is 5.56 Å². The van der Waals surface area contributed by atoms with Crippen molar-refractivity contribution < 1.29 is 8.42 Å². The van der Waals surface area contributed by atoms with E-state index >= 15 is 0 Å². The molecule has 4 nitrogen and oxygen atoms in total. The van der Waals surface area contributed by atoms with Crippen LogP contribution in [0.4, 0.5) is 0 Å². The summed E-state index contributed by atoms with van der Waals surface area (Å²) in [6.07, 6.45) is 3.47. The second kappa shape index (κ2) is 4.50. The van der Waals surface area contributed by atoms with Crippen LogP contribution >= 0.6 is 10.7 Å². The molecule has 17 heavy (non-hydrogen) atoms. The number of benzene rings is 1. The Morgan fingerprint density at radius 1 is 1.35 bits per heavy atom. The van der Waals surface area contributed by atoms with E-state index in [9.17, 15) is 8.42 Å². The van der Waals surface area contributed by atoms with Gasteiger partial charge in [0.2, 0.25) is 9.05 Å². The second-order valence-electron chi connectivity index (χ2n) is 3.70. The first-order chi connectivity index (χ1) is 7.97. The number of nitrogens with zero attached hydrogens (tertiary/aromatic N) is 2. The molecule has 2 rings (SSSR count). The highest BCUT2D eigenvalue weighted by Crippen LogP contribution is 2.24. The van der Waals surface area contributed by atoms with Gasteiger partial charge < -0.3 is 4.57 Å². The van der Waals surface area contributed by atoms with E-state index in [1.807, 2.05) is 23.7 Å². The van der Waals surface area contributed by atoms with Gasteiger partial charge in [-0.3, -0.25) is 0 Å². The van der Waals surface area contributed by atoms with Crippen molar-refractivity contribution in [2.24, 2.45) is 7.05 Å². The lowest BCUT2D eigenvalue weighted by Gasteiger charge is -2.07. The summed E-state index contributed by atoms with van der Waals surface area (Å²) in [6.45, 7) is 0. The third kappa shape index (κ3) is 2.87. The predicted octanol–water partition coefficient (Wildman–Crippen LogP) is 2.16. The van der Waals surface area contributed by atoms with Gasteiger partial charge in [0.1, 0.15) is 5.82 Å². The van der Waals surface area contributed by atoms with E-state index < -0.39 is 9.05 Å². The molecule has 0 aliphatic carbocycles. The summed E-state index contributed by atoms with van der Waals surface area (Å²) in [6, 6.07) is 7.20. The van der Waals surface area contributed by atoms with Crippen LogP contribution in [0.2, 0.25) is 0 Å². The van der Waals surface area contributed by atoms with E-state index in [0.29, 0.717) is 5.56 Å². The first-order valence-electron chi connectivity index (χ1n) is 4.95. The van der Waals surface area contributed by atoms with Crippen molar-refractivity contribution in [3.05, 3.63) is 42.2 Å². The highest BCUT2D eigenvalue weighted by atomic mass is 35.7. The van der Waals surface area contributed by atoms with E-state index in [1.54, 1.807) is 24.5 Å². The van der Waals surface area contributed by atoms with Gasteiger partial charge in [-0.05, 0) is 5.56 Å². The molecule has 0 bridgehead atoms. The normalized spacial score (nSPS) is 11.6. The third-order valence-corrected chi connectivity index (χ3v) is 3.39. The molecule has 2 aromatic rings. The Kier molecular flexibility index (Phi) is 3.22. The fourth-order valence-corrected chi connectivity index (χ4v) is 2.65. The summed E-state index contributed by atoms with van der Waals surface area (Å²) in [4.78, 5) is 4.20.